The predicted octanol–water partition coefficient (Wildman–Crippen LogP) is 4.29. The van der Waals surface area contributed by atoms with Gasteiger partial charge in [0.2, 0.25) is 0 Å². The number of aromatic nitrogens is 2. The average molecular weight is 468 g/mol. The number of ether oxygens (including phenoxy) is 1. The number of esters is 1. The van der Waals surface area contributed by atoms with E-state index in [-0.39, 0.29) is 11.7 Å². The quantitative estimate of drug-likeness (QED) is 0.356. The largest absolute Gasteiger partial charge is 0.467 e. The van der Waals surface area contributed by atoms with Crippen LogP contribution in [0.5, 0.6) is 0 Å². The standard InChI is InChI=1S/C25H26FN3O3S/c1-32-25(31)23(10-13-33-2)28-24(30)20-5-3-4-18(14-20)15-21(16-29-12-11-27-17-29)19-6-8-22(26)9-7-19/h3-9,11-12,14-15,17,23H,10,13,16H2,1-2H3,(H,28,30)/b21-15+/t23-/m0/s1. The van der Waals surface area contributed by atoms with Gasteiger partial charge >= 0.3 is 5.97 Å². The third-order valence-electron chi connectivity index (χ3n) is 5.02. The highest BCUT2D eigenvalue weighted by Gasteiger charge is 2.21. The van der Waals surface area contributed by atoms with Gasteiger partial charge < -0.3 is 14.6 Å². The van der Waals surface area contributed by atoms with E-state index in [1.807, 2.05) is 29.2 Å². The van der Waals surface area contributed by atoms with E-state index in [1.54, 1.807) is 54.6 Å². The van der Waals surface area contributed by atoms with Crippen LogP contribution in [0, 0.1) is 5.82 Å². The molecular weight excluding hydrogens is 441 g/mol. The van der Waals surface area contributed by atoms with E-state index in [0.717, 1.165) is 22.5 Å². The molecule has 1 heterocycles. The summed E-state index contributed by atoms with van der Waals surface area (Å²) in [4.78, 5) is 29.0. The molecule has 1 aromatic heterocycles. The Balaban J connectivity index is 1.86. The van der Waals surface area contributed by atoms with E-state index in [4.69, 9.17) is 4.74 Å². The van der Waals surface area contributed by atoms with Crippen LogP contribution in [-0.4, -0.2) is 46.6 Å². The molecule has 1 amide bonds. The van der Waals surface area contributed by atoms with Crippen molar-refractivity contribution in [3.05, 3.63) is 89.8 Å². The molecule has 172 valence electrons. The van der Waals surface area contributed by atoms with Gasteiger partial charge in [-0.25, -0.2) is 14.2 Å². The Morgan fingerprint density at radius 1 is 1.21 bits per heavy atom. The molecule has 0 fully saturated rings. The van der Waals surface area contributed by atoms with Crippen molar-refractivity contribution < 1.29 is 18.7 Å². The Kier molecular flexibility index (Phi) is 8.83. The molecule has 1 atom stereocenters. The van der Waals surface area contributed by atoms with Crippen LogP contribution >= 0.6 is 11.8 Å². The van der Waals surface area contributed by atoms with Crippen molar-refractivity contribution >= 4 is 35.3 Å². The Morgan fingerprint density at radius 2 is 2.00 bits per heavy atom. The number of hydrogen-bond donors (Lipinski definition) is 1. The Bertz CT molecular complexity index is 1100. The molecule has 3 aromatic rings. The molecule has 3 rings (SSSR count). The summed E-state index contributed by atoms with van der Waals surface area (Å²) in [7, 11) is 1.31. The van der Waals surface area contributed by atoms with E-state index in [9.17, 15) is 14.0 Å². The van der Waals surface area contributed by atoms with Crippen LogP contribution in [0.4, 0.5) is 4.39 Å². The number of carbonyl (C=O) groups excluding carboxylic acids is 2. The van der Waals surface area contributed by atoms with Gasteiger partial charge in [0, 0.05) is 24.5 Å². The molecule has 0 radical (unpaired) electrons. The topological polar surface area (TPSA) is 73.2 Å². The van der Waals surface area contributed by atoms with Crippen LogP contribution in [0.3, 0.4) is 0 Å². The molecular formula is C25H26FN3O3S. The molecule has 8 heteroatoms. The number of rotatable bonds is 10. The van der Waals surface area contributed by atoms with E-state index >= 15 is 0 Å². The number of nitrogens with one attached hydrogen (secondary N) is 1. The predicted molar refractivity (Wildman–Crippen MR) is 129 cm³/mol. The highest BCUT2D eigenvalue weighted by molar-refractivity contribution is 7.98. The van der Waals surface area contributed by atoms with Gasteiger partial charge in [0.05, 0.1) is 13.4 Å². The fraction of sp³-hybridized carbons (Fsp3) is 0.240. The minimum atomic E-state index is -0.704. The first-order valence-corrected chi connectivity index (χ1v) is 11.8. The van der Waals surface area contributed by atoms with Crippen molar-refractivity contribution in [1.29, 1.82) is 0 Å². The zero-order chi connectivity index (χ0) is 23.6. The van der Waals surface area contributed by atoms with Crippen LogP contribution in [0.15, 0.2) is 67.3 Å². The maximum absolute atomic E-state index is 13.4. The third kappa shape index (κ3) is 7.05. The number of allylic oxidation sites excluding steroid dienone is 1. The molecule has 0 aliphatic carbocycles. The number of imidazole rings is 1. The minimum absolute atomic E-state index is 0.305. The fourth-order valence-electron chi connectivity index (χ4n) is 3.30. The number of methoxy groups -OCH3 is 1. The van der Waals surface area contributed by atoms with Gasteiger partial charge in [0.25, 0.3) is 5.91 Å². The number of nitrogens with zero attached hydrogens (tertiary/aromatic N) is 2. The summed E-state index contributed by atoms with van der Waals surface area (Å²) >= 11 is 1.59. The third-order valence-corrected chi connectivity index (χ3v) is 5.66. The van der Waals surface area contributed by atoms with Crippen LogP contribution < -0.4 is 5.32 Å². The lowest BCUT2D eigenvalue weighted by Crippen LogP contribution is -2.41. The minimum Gasteiger partial charge on any atom is -0.467 e. The van der Waals surface area contributed by atoms with Gasteiger partial charge in [-0.05, 0) is 65.5 Å². The highest BCUT2D eigenvalue weighted by Crippen LogP contribution is 2.22. The smallest absolute Gasteiger partial charge is 0.328 e. The molecule has 0 spiro atoms. The van der Waals surface area contributed by atoms with Crippen molar-refractivity contribution in [3.8, 4) is 0 Å². The number of benzene rings is 2. The van der Waals surface area contributed by atoms with E-state index < -0.39 is 12.0 Å². The molecule has 6 nitrogen and oxygen atoms in total. The fourth-order valence-corrected chi connectivity index (χ4v) is 3.77. The van der Waals surface area contributed by atoms with Gasteiger partial charge in [-0.1, -0.05) is 24.3 Å². The summed E-state index contributed by atoms with van der Waals surface area (Å²) < 4.78 is 20.2. The van der Waals surface area contributed by atoms with Crippen molar-refractivity contribution in [3.63, 3.8) is 0 Å². The van der Waals surface area contributed by atoms with Crippen LogP contribution in [-0.2, 0) is 16.1 Å². The van der Waals surface area contributed by atoms with Gasteiger partial charge in [-0.3, -0.25) is 4.79 Å². The summed E-state index contributed by atoms with van der Waals surface area (Å²) in [5.41, 5.74) is 3.03. The van der Waals surface area contributed by atoms with Crippen LogP contribution in [0.1, 0.15) is 27.9 Å². The van der Waals surface area contributed by atoms with E-state index in [0.29, 0.717) is 18.5 Å². The number of hydrogen-bond acceptors (Lipinski definition) is 5. The molecule has 0 saturated heterocycles. The number of carbonyl (C=O) groups is 2. The first kappa shape index (κ1) is 24.3. The second kappa shape index (κ2) is 12.0. The zero-order valence-corrected chi connectivity index (χ0v) is 19.3. The molecule has 0 aliphatic rings. The molecule has 0 saturated carbocycles. The first-order chi connectivity index (χ1) is 16.0. The van der Waals surface area contributed by atoms with Crippen molar-refractivity contribution in [2.75, 3.05) is 19.1 Å². The second-order valence-electron chi connectivity index (χ2n) is 7.37. The van der Waals surface area contributed by atoms with Gasteiger partial charge in [-0.2, -0.15) is 11.8 Å². The summed E-state index contributed by atoms with van der Waals surface area (Å²) in [5, 5.41) is 2.77. The lowest BCUT2D eigenvalue weighted by molar-refractivity contribution is -0.142. The lowest BCUT2D eigenvalue weighted by Gasteiger charge is -2.16. The SMILES string of the molecule is COC(=O)[C@H](CCSC)NC(=O)c1cccc(/C=C(\Cn2ccnc2)c2ccc(F)cc2)c1. The summed E-state index contributed by atoms with van der Waals surface area (Å²) in [6, 6.07) is 12.7. The summed E-state index contributed by atoms with van der Waals surface area (Å²) in [5.74, 6) is -0.397. The van der Waals surface area contributed by atoms with Crippen LogP contribution in [0.2, 0.25) is 0 Å². The Labute approximate surface area is 196 Å². The zero-order valence-electron chi connectivity index (χ0n) is 18.5. The number of halogens is 1. The summed E-state index contributed by atoms with van der Waals surface area (Å²) in [6.45, 7) is 0.529. The number of thioether (sulfide) groups is 1. The molecule has 0 unspecified atom stereocenters. The number of amides is 1. The van der Waals surface area contributed by atoms with Crippen molar-refractivity contribution in [2.45, 2.75) is 19.0 Å². The maximum atomic E-state index is 13.4. The first-order valence-electron chi connectivity index (χ1n) is 10.4. The van der Waals surface area contributed by atoms with Crippen molar-refractivity contribution in [1.82, 2.24) is 14.9 Å². The van der Waals surface area contributed by atoms with Gasteiger partial charge in [0.1, 0.15) is 11.9 Å². The normalized spacial score (nSPS) is 12.3. The Hall–Kier alpha value is -3.39. The Morgan fingerprint density at radius 3 is 2.67 bits per heavy atom. The van der Waals surface area contributed by atoms with E-state index in [2.05, 4.69) is 10.3 Å². The molecule has 2 aromatic carbocycles. The summed E-state index contributed by atoms with van der Waals surface area (Å²) in [6.07, 6.45) is 9.64. The van der Waals surface area contributed by atoms with E-state index in [1.165, 1.54) is 19.2 Å². The average Bonchev–Trinajstić information content (AvgIpc) is 3.34. The monoisotopic (exact) mass is 467 g/mol. The molecule has 1 N–H and O–H groups in total. The van der Waals surface area contributed by atoms with Gasteiger partial charge in [0.15, 0.2) is 0 Å². The second-order valence-corrected chi connectivity index (χ2v) is 8.35. The molecule has 0 bridgehead atoms. The molecule has 33 heavy (non-hydrogen) atoms. The lowest BCUT2D eigenvalue weighted by atomic mass is 10.0. The maximum Gasteiger partial charge on any atom is 0.328 e. The van der Waals surface area contributed by atoms with Gasteiger partial charge in [-0.15, -0.1) is 0 Å². The highest BCUT2D eigenvalue weighted by atomic mass is 32.2. The van der Waals surface area contributed by atoms with Crippen molar-refractivity contribution in [2.24, 2.45) is 0 Å². The van der Waals surface area contributed by atoms with Crippen LogP contribution in [0.25, 0.3) is 11.6 Å². The molecule has 0 aliphatic heterocycles.